The number of likely N-dealkylation sites (N-methyl/N-ethyl adjacent to an activating group) is 1. The van der Waals surface area contributed by atoms with Crippen LogP contribution in [0, 0.1) is 10.1 Å². The van der Waals surface area contributed by atoms with E-state index < -0.39 is 20.6 Å². The highest BCUT2D eigenvalue weighted by atomic mass is 32.2. The van der Waals surface area contributed by atoms with Gasteiger partial charge in [0.15, 0.2) is 11.5 Å². The number of ether oxygens (including phenoxy) is 3. The minimum absolute atomic E-state index is 0.0943. The van der Waals surface area contributed by atoms with Crippen LogP contribution in [0.5, 0.6) is 23.0 Å². The largest absolute Gasteiger partial charge is 0.496 e. The summed E-state index contributed by atoms with van der Waals surface area (Å²) in [6.45, 7) is 5.19. The molecule has 0 bridgehead atoms. The summed E-state index contributed by atoms with van der Waals surface area (Å²) in [6, 6.07) is 12.4. The van der Waals surface area contributed by atoms with Crippen molar-refractivity contribution >= 4 is 33.1 Å². The van der Waals surface area contributed by atoms with Crippen molar-refractivity contribution in [2.75, 3.05) is 37.2 Å². The van der Waals surface area contributed by atoms with Crippen molar-refractivity contribution in [2.45, 2.75) is 39.3 Å². The first kappa shape index (κ1) is 30.4. The predicted molar refractivity (Wildman–Crippen MR) is 158 cm³/mol. The Morgan fingerprint density at radius 2 is 1.67 bits per heavy atom. The van der Waals surface area contributed by atoms with Crippen molar-refractivity contribution in [3.05, 3.63) is 64.2 Å². The Morgan fingerprint density at radius 1 is 0.976 bits per heavy atom. The Hall–Kier alpha value is -4.52. The first-order valence-electron chi connectivity index (χ1n) is 13.1. The molecule has 0 aromatic heterocycles. The molecule has 0 atom stereocenters. The lowest BCUT2D eigenvalue weighted by Gasteiger charge is -2.39. The lowest BCUT2D eigenvalue weighted by atomic mass is 9.91. The number of benzene rings is 3. The Morgan fingerprint density at radius 3 is 2.31 bits per heavy atom. The number of non-ortho nitro benzene ring substituents is 1. The summed E-state index contributed by atoms with van der Waals surface area (Å²) in [6.07, 6.45) is 0.405. The van der Waals surface area contributed by atoms with Gasteiger partial charge in [-0.05, 0) is 50.1 Å². The van der Waals surface area contributed by atoms with E-state index >= 15 is 0 Å². The quantitative estimate of drug-likeness (QED) is 0.178. The van der Waals surface area contributed by atoms with Crippen molar-refractivity contribution in [1.82, 2.24) is 0 Å². The number of carbonyl (C=O) groups excluding carboxylic acids is 1. The Bertz CT molecular complexity index is 1640. The number of nitrogens with zero attached hydrogens (tertiary/aromatic N) is 2. The zero-order chi connectivity index (χ0) is 30.8. The van der Waals surface area contributed by atoms with Gasteiger partial charge in [0.1, 0.15) is 23.6 Å². The van der Waals surface area contributed by atoms with Crippen molar-refractivity contribution in [3.8, 4) is 34.1 Å². The Balaban J connectivity index is 1.86. The molecule has 1 aliphatic rings. The first-order chi connectivity index (χ1) is 19.8. The van der Waals surface area contributed by atoms with E-state index in [1.165, 1.54) is 44.6 Å². The lowest BCUT2D eigenvalue weighted by Crippen LogP contribution is -2.52. The molecule has 0 unspecified atom stereocenters. The zero-order valence-electron chi connectivity index (χ0n) is 24.2. The van der Waals surface area contributed by atoms with Crippen LogP contribution in [0.1, 0.15) is 32.8 Å². The molecule has 1 heterocycles. The molecule has 42 heavy (non-hydrogen) atoms. The average Bonchev–Trinajstić information content (AvgIpc) is 2.94. The van der Waals surface area contributed by atoms with Gasteiger partial charge in [0.2, 0.25) is 0 Å². The highest BCUT2D eigenvalue weighted by Gasteiger charge is 2.39. The smallest absolute Gasteiger partial charge is 0.309 e. The summed E-state index contributed by atoms with van der Waals surface area (Å²) in [5, 5.41) is 14.7. The second kappa shape index (κ2) is 11.8. The van der Waals surface area contributed by atoms with Crippen LogP contribution in [0.2, 0.25) is 0 Å². The SMILES string of the molecule is CCCS(=O)(=O)Oc1ccc(-c2ccc3c(c2COc2cc([N+](=O)[O-])ccc2OC)N(C)C(=O)C(C)(C)N3)c(OC)c1. The minimum Gasteiger partial charge on any atom is -0.496 e. The van der Waals surface area contributed by atoms with Gasteiger partial charge in [-0.25, -0.2) is 0 Å². The standard InChI is InChI=1S/C29H33N3O9S/c1-7-14-42(36,37)41-19-9-10-21(25(16-19)39-6)20-11-12-23-27(31(4)28(33)29(2,3)30-23)22(20)17-40-26-15-18(32(34)35)8-13-24(26)38-5/h8-13,15-16,30H,7,14,17H2,1-6H3. The second-order valence-electron chi connectivity index (χ2n) is 10.2. The molecule has 0 saturated carbocycles. The minimum atomic E-state index is -3.78. The number of hydrogen-bond donors (Lipinski definition) is 1. The fourth-order valence-corrected chi connectivity index (χ4v) is 5.84. The number of nitro groups is 1. The molecule has 224 valence electrons. The number of anilines is 2. The monoisotopic (exact) mass is 599 g/mol. The number of rotatable bonds is 11. The highest BCUT2D eigenvalue weighted by Crippen LogP contribution is 2.45. The molecule has 12 nitrogen and oxygen atoms in total. The van der Waals surface area contributed by atoms with Gasteiger partial charge < -0.3 is 28.6 Å². The van der Waals surface area contributed by atoms with E-state index in [0.29, 0.717) is 46.0 Å². The van der Waals surface area contributed by atoms with Crippen molar-refractivity contribution in [2.24, 2.45) is 0 Å². The van der Waals surface area contributed by atoms with Gasteiger partial charge in [0, 0.05) is 30.3 Å². The fraction of sp³-hybridized carbons (Fsp3) is 0.345. The third-order valence-electron chi connectivity index (χ3n) is 6.78. The normalized spacial score (nSPS) is 14.0. The summed E-state index contributed by atoms with van der Waals surface area (Å²) >= 11 is 0. The van der Waals surface area contributed by atoms with E-state index in [0.717, 1.165) is 0 Å². The van der Waals surface area contributed by atoms with E-state index in [2.05, 4.69) is 5.32 Å². The van der Waals surface area contributed by atoms with Gasteiger partial charge in [0.05, 0.1) is 42.3 Å². The summed E-state index contributed by atoms with van der Waals surface area (Å²) in [5.74, 6) is 0.545. The second-order valence-corrected chi connectivity index (χ2v) is 11.9. The highest BCUT2D eigenvalue weighted by molar-refractivity contribution is 7.87. The van der Waals surface area contributed by atoms with E-state index in [4.69, 9.17) is 18.4 Å². The molecule has 3 aromatic rings. The number of hydrogen-bond acceptors (Lipinski definition) is 10. The number of fused-ring (bicyclic) bond motifs is 1. The predicted octanol–water partition coefficient (Wildman–Crippen LogP) is 5.14. The van der Waals surface area contributed by atoms with Crippen LogP contribution >= 0.6 is 0 Å². The molecule has 3 aromatic carbocycles. The molecule has 1 amide bonds. The van der Waals surface area contributed by atoms with Crippen LogP contribution in [-0.2, 0) is 21.5 Å². The van der Waals surface area contributed by atoms with Crippen LogP contribution in [0.4, 0.5) is 17.1 Å². The molecule has 1 N–H and O–H groups in total. The van der Waals surface area contributed by atoms with Gasteiger partial charge in [-0.2, -0.15) is 8.42 Å². The summed E-state index contributed by atoms with van der Waals surface area (Å²) in [4.78, 5) is 25.7. The molecule has 0 fully saturated rings. The maximum Gasteiger partial charge on any atom is 0.309 e. The van der Waals surface area contributed by atoms with Crippen LogP contribution < -0.4 is 28.6 Å². The molecule has 0 aliphatic carbocycles. The fourth-order valence-electron chi connectivity index (χ4n) is 4.86. The van der Waals surface area contributed by atoms with Gasteiger partial charge in [-0.15, -0.1) is 0 Å². The van der Waals surface area contributed by atoms with Crippen LogP contribution in [0.15, 0.2) is 48.5 Å². The van der Waals surface area contributed by atoms with Gasteiger partial charge in [-0.3, -0.25) is 14.9 Å². The van der Waals surface area contributed by atoms with E-state index in [1.54, 1.807) is 38.8 Å². The molecular formula is C29H33N3O9S. The summed E-state index contributed by atoms with van der Waals surface area (Å²) in [5.41, 5.74) is 1.97. The maximum atomic E-state index is 13.3. The molecule has 0 saturated heterocycles. The summed E-state index contributed by atoms with van der Waals surface area (Å²) < 4.78 is 46.9. The number of amides is 1. The van der Waals surface area contributed by atoms with Crippen LogP contribution in [0.25, 0.3) is 11.1 Å². The van der Waals surface area contributed by atoms with Gasteiger partial charge >= 0.3 is 10.1 Å². The number of carbonyl (C=O) groups is 1. The molecule has 4 rings (SSSR count). The van der Waals surface area contributed by atoms with Crippen LogP contribution in [0.3, 0.4) is 0 Å². The van der Waals surface area contributed by atoms with Crippen molar-refractivity contribution < 1.29 is 36.5 Å². The number of nitrogens with one attached hydrogen (secondary N) is 1. The summed E-state index contributed by atoms with van der Waals surface area (Å²) in [7, 11) is 0.767. The topological polar surface area (TPSA) is 147 Å². The van der Waals surface area contributed by atoms with E-state index in [9.17, 15) is 23.3 Å². The number of nitro benzene ring substituents is 1. The van der Waals surface area contributed by atoms with E-state index in [1.807, 2.05) is 12.1 Å². The van der Waals surface area contributed by atoms with Crippen molar-refractivity contribution in [3.63, 3.8) is 0 Å². The van der Waals surface area contributed by atoms with Gasteiger partial charge in [0.25, 0.3) is 11.6 Å². The third-order valence-corrected chi connectivity index (χ3v) is 8.13. The molecule has 13 heteroatoms. The average molecular weight is 600 g/mol. The zero-order valence-corrected chi connectivity index (χ0v) is 25.0. The van der Waals surface area contributed by atoms with Gasteiger partial charge in [-0.1, -0.05) is 13.0 Å². The molecular weight excluding hydrogens is 566 g/mol. The van der Waals surface area contributed by atoms with Crippen molar-refractivity contribution in [1.29, 1.82) is 0 Å². The number of methoxy groups -OCH3 is 2. The Kier molecular flexibility index (Phi) is 8.53. The molecule has 0 spiro atoms. The molecule has 0 radical (unpaired) electrons. The maximum absolute atomic E-state index is 13.3. The molecule has 1 aliphatic heterocycles. The lowest BCUT2D eigenvalue weighted by molar-refractivity contribution is -0.385. The first-order valence-corrected chi connectivity index (χ1v) is 14.7. The van der Waals surface area contributed by atoms with E-state index in [-0.39, 0.29) is 35.5 Å². The van der Waals surface area contributed by atoms with Crippen LogP contribution in [-0.4, -0.2) is 51.8 Å². The third kappa shape index (κ3) is 6.05. The Labute approximate surface area is 244 Å².